The average molecular weight is 439 g/mol. The highest BCUT2D eigenvalue weighted by atomic mass is 35.5. The topological polar surface area (TPSA) is 119 Å². The molecule has 1 aromatic carbocycles. The highest BCUT2D eigenvalue weighted by Crippen LogP contribution is 2.38. The minimum absolute atomic E-state index is 0.0306. The van der Waals surface area contributed by atoms with Crippen LogP contribution in [0.15, 0.2) is 36.2 Å². The fourth-order valence-corrected chi connectivity index (χ4v) is 3.43. The quantitative estimate of drug-likeness (QED) is 0.431. The summed E-state index contributed by atoms with van der Waals surface area (Å²) in [6.07, 6.45) is 2.94. The van der Waals surface area contributed by atoms with Crippen LogP contribution in [0.5, 0.6) is 0 Å². The van der Waals surface area contributed by atoms with Crippen molar-refractivity contribution >= 4 is 40.4 Å². The molecule has 0 aliphatic heterocycles. The van der Waals surface area contributed by atoms with Gasteiger partial charge in [0, 0.05) is 30.3 Å². The molecule has 1 amide bonds. The molecule has 2 heterocycles. The predicted molar refractivity (Wildman–Crippen MR) is 121 cm³/mol. The first-order valence-electron chi connectivity index (χ1n) is 9.67. The maximum absolute atomic E-state index is 12.6. The van der Waals surface area contributed by atoms with Gasteiger partial charge in [0.25, 0.3) is 5.91 Å². The van der Waals surface area contributed by atoms with Crippen molar-refractivity contribution in [3.05, 3.63) is 46.9 Å². The molecule has 0 radical (unpaired) electrons. The van der Waals surface area contributed by atoms with Crippen molar-refractivity contribution in [2.45, 2.75) is 26.4 Å². The Morgan fingerprint density at radius 2 is 2.06 bits per heavy atom. The lowest BCUT2D eigenvalue weighted by molar-refractivity contribution is -0.117. The second kappa shape index (κ2) is 9.60. The number of hydrogen-bond donors (Lipinski definition) is 2. The van der Waals surface area contributed by atoms with E-state index in [0.29, 0.717) is 46.3 Å². The fraction of sp³-hybridized carbons (Fsp3) is 0.273. The monoisotopic (exact) mass is 438 g/mol. The van der Waals surface area contributed by atoms with E-state index in [2.05, 4.69) is 15.3 Å². The van der Waals surface area contributed by atoms with Gasteiger partial charge in [-0.15, -0.1) is 0 Å². The molecule has 3 aromatic rings. The zero-order valence-corrected chi connectivity index (χ0v) is 18.3. The van der Waals surface area contributed by atoms with Crippen molar-refractivity contribution in [1.82, 2.24) is 19.9 Å². The van der Waals surface area contributed by atoms with Gasteiger partial charge in [0.2, 0.25) is 0 Å². The summed E-state index contributed by atoms with van der Waals surface area (Å²) in [6.45, 7) is 4.50. The van der Waals surface area contributed by atoms with Crippen LogP contribution in [0.1, 0.15) is 19.5 Å². The number of ether oxygens (including phenoxy) is 1. The van der Waals surface area contributed by atoms with Crippen LogP contribution in [0.4, 0.5) is 5.82 Å². The number of amides is 1. The molecule has 9 heteroatoms. The molecule has 0 saturated heterocycles. The fourth-order valence-electron chi connectivity index (χ4n) is 3.30. The van der Waals surface area contributed by atoms with Gasteiger partial charge in [-0.1, -0.05) is 23.7 Å². The molecular weight excluding hydrogens is 416 g/mol. The number of nitrogens with zero attached hydrogens (tertiary/aromatic N) is 4. The number of nitriles is 1. The maximum Gasteiger partial charge on any atom is 0.262 e. The first kappa shape index (κ1) is 22.3. The lowest BCUT2D eigenvalue weighted by Gasteiger charge is -2.11. The lowest BCUT2D eigenvalue weighted by Crippen LogP contribution is -2.31. The van der Waals surface area contributed by atoms with Crippen molar-refractivity contribution in [3.8, 4) is 17.2 Å². The number of fused-ring (bicyclic) bond motifs is 1. The van der Waals surface area contributed by atoms with Crippen LogP contribution in [-0.4, -0.2) is 40.2 Å². The molecule has 0 bridgehead atoms. The highest BCUT2D eigenvalue weighted by Gasteiger charge is 2.22. The van der Waals surface area contributed by atoms with Crippen molar-refractivity contribution in [2.75, 3.05) is 19.5 Å². The molecule has 0 spiro atoms. The van der Waals surface area contributed by atoms with Crippen LogP contribution in [0.25, 0.3) is 28.2 Å². The minimum atomic E-state index is -0.456. The van der Waals surface area contributed by atoms with Crippen LogP contribution in [0.2, 0.25) is 5.02 Å². The summed E-state index contributed by atoms with van der Waals surface area (Å²) >= 11 is 6.08. The lowest BCUT2D eigenvalue weighted by atomic mass is 10.0. The van der Waals surface area contributed by atoms with Crippen molar-refractivity contribution < 1.29 is 9.53 Å². The number of hydrogen-bond acceptors (Lipinski definition) is 6. The van der Waals surface area contributed by atoms with Gasteiger partial charge in [-0.2, -0.15) is 5.26 Å². The summed E-state index contributed by atoms with van der Waals surface area (Å²) in [5, 5.41) is 13.7. The Labute approximate surface area is 185 Å². The van der Waals surface area contributed by atoms with E-state index in [-0.39, 0.29) is 11.6 Å². The van der Waals surface area contributed by atoms with Gasteiger partial charge in [0.05, 0.1) is 17.7 Å². The van der Waals surface area contributed by atoms with Crippen molar-refractivity contribution in [1.29, 1.82) is 5.26 Å². The number of aromatic nitrogens is 3. The van der Waals surface area contributed by atoms with Gasteiger partial charge in [-0.3, -0.25) is 4.79 Å². The van der Waals surface area contributed by atoms with Crippen LogP contribution in [-0.2, 0) is 16.1 Å². The molecule has 0 aliphatic rings. The van der Waals surface area contributed by atoms with E-state index >= 15 is 0 Å². The highest BCUT2D eigenvalue weighted by molar-refractivity contribution is 6.30. The number of halogens is 1. The van der Waals surface area contributed by atoms with Gasteiger partial charge in [-0.05, 0) is 37.6 Å². The van der Waals surface area contributed by atoms with Gasteiger partial charge in [0.15, 0.2) is 0 Å². The van der Waals surface area contributed by atoms with Crippen molar-refractivity contribution in [3.63, 3.8) is 0 Å². The molecule has 0 atom stereocenters. The van der Waals surface area contributed by atoms with Crippen LogP contribution < -0.4 is 11.1 Å². The zero-order chi connectivity index (χ0) is 22.5. The summed E-state index contributed by atoms with van der Waals surface area (Å²) in [5.74, 6) is -0.159. The van der Waals surface area contributed by atoms with Crippen LogP contribution >= 0.6 is 11.6 Å². The summed E-state index contributed by atoms with van der Waals surface area (Å²) in [5.41, 5.74) is 8.92. The normalized spacial score (nSPS) is 11.7. The van der Waals surface area contributed by atoms with E-state index in [9.17, 15) is 10.1 Å². The van der Waals surface area contributed by atoms with Gasteiger partial charge in [-0.25, -0.2) is 9.97 Å². The number of rotatable bonds is 7. The van der Waals surface area contributed by atoms with E-state index < -0.39 is 5.91 Å². The number of nitrogens with one attached hydrogen (secondary N) is 1. The summed E-state index contributed by atoms with van der Waals surface area (Å²) in [7, 11) is 1.60. The SMILES string of the molecule is COCCn1c(C=C(C#N)C(=O)NC(C)C)c(-c2ccc(Cl)cc2)c2c(N)ncnc21. The maximum atomic E-state index is 12.6. The molecule has 2 aromatic heterocycles. The number of nitrogens with two attached hydrogens (primary N) is 1. The Morgan fingerprint density at radius 3 is 2.68 bits per heavy atom. The average Bonchev–Trinajstić information content (AvgIpc) is 3.04. The van der Waals surface area contributed by atoms with Gasteiger partial charge < -0.3 is 20.4 Å². The van der Waals surface area contributed by atoms with Gasteiger partial charge >= 0.3 is 0 Å². The first-order chi connectivity index (χ1) is 14.9. The molecular formula is C22H23ClN6O2. The van der Waals surface area contributed by atoms with E-state index in [4.69, 9.17) is 22.1 Å². The number of benzene rings is 1. The third-order valence-corrected chi connectivity index (χ3v) is 4.88. The third kappa shape index (κ3) is 4.68. The molecule has 3 N–H and O–H groups in total. The zero-order valence-electron chi connectivity index (χ0n) is 17.5. The Hall–Kier alpha value is -3.41. The molecule has 8 nitrogen and oxygen atoms in total. The molecule has 160 valence electrons. The van der Waals surface area contributed by atoms with E-state index in [0.717, 1.165) is 5.56 Å². The Balaban J connectivity index is 2.36. The number of anilines is 1. The minimum Gasteiger partial charge on any atom is -0.383 e. The molecule has 0 unspecified atom stereocenters. The van der Waals surface area contributed by atoms with E-state index in [1.165, 1.54) is 6.33 Å². The summed E-state index contributed by atoms with van der Waals surface area (Å²) < 4.78 is 7.14. The first-order valence-corrected chi connectivity index (χ1v) is 10.0. The smallest absolute Gasteiger partial charge is 0.262 e. The summed E-state index contributed by atoms with van der Waals surface area (Å²) in [4.78, 5) is 21.2. The van der Waals surface area contributed by atoms with E-state index in [1.54, 1.807) is 25.3 Å². The largest absolute Gasteiger partial charge is 0.383 e. The van der Waals surface area contributed by atoms with Crippen LogP contribution in [0.3, 0.4) is 0 Å². The van der Waals surface area contributed by atoms with Crippen LogP contribution in [0, 0.1) is 11.3 Å². The number of carbonyl (C=O) groups excluding carboxylic acids is 1. The third-order valence-electron chi connectivity index (χ3n) is 4.63. The molecule has 0 saturated carbocycles. The number of carbonyl (C=O) groups is 1. The number of nitrogen functional groups attached to an aromatic ring is 1. The predicted octanol–water partition coefficient (Wildman–Crippen LogP) is 3.41. The summed E-state index contributed by atoms with van der Waals surface area (Å²) in [6, 6.07) is 9.12. The van der Waals surface area contributed by atoms with E-state index in [1.807, 2.05) is 36.6 Å². The second-order valence-electron chi connectivity index (χ2n) is 7.17. The Morgan fingerprint density at radius 1 is 1.35 bits per heavy atom. The number of methoxy groups -OCH3 is 1. The molecule has 0 aliphatic carbocycles. The van der Waals surface area contributed by atoms with Gasteiger partial charge in [0.1, 0.15) is 29.4 Å². The molecule has 0 fully saturated rings. The Kier molecular flexibility index (Phi) is 6.90. The van der Waals surface area contributed by atoms with Crippen molar-refractivity contribution in [2.24, 2.45) is 0 Å². The standard InChI is InChI=1S/C22H23ClN6O2/c1-13(2)28-22(30)15(11-24)10-17-18(14-4-6-16(23)7-5-14)19-20(25)26-12-27-21(19)29(17)8-9-31-3/h4-7,10,12-13H,8-9H2,1-3H3,(H,28,30)(H2,25,26,27). The second-order valence-corrected chi connectivity index (χ2v) is 7.60. The molecule has 31 heavy (non-hydrogen) atoms. The Bertz CT molecular complexity index is 1180. The molecule has 3 rings (SSSR count).